The second-order valence-electron chi connectivity index (χ2n) is 24.4. The van der Waals surface area contributed by atoms with Gasteiger partial charge >= 0.3 is 11.9 Å². The maximum atomic E-state index is 13.8. The molecule has 12 atom stereocenters. The molecule has 80 heavy (non-hydrogen) atoms. The number of aliphatic hydroxyl groups excluding tert-OH is 6. The van der Waals surface area contributed by atoms with Crippen LogP contribution in [0.2, 0.25) is 0 Å². The predicted octanol–water partition coefficient (Wildman–Crippen LogP) is 7.57. The number of benzene rings is 3. The summed E-state index contributed by atoms with van der Waals surface area (Å²) in [5, 5.41) is 124. The molecule has 0 amide bonds. The number of fused-ring (bicyclic) bond motifs is 6. The third-order valence-electron chi connectivity index (χ3n) is 18.6. The summed E-state index contributed by atoms with van der Waals surface area (Å²) in [6.07, 6.45) is 5.82. The molecule has 1 aliphatic carbocycles. The predicted molar refractivity (Wildman–Crippen MR) is 310 cm³/mol. The van der Waals surface area contributed by atoms with E-state index in [0.29, 0.717) is 74.5 Å². The maximum Gasteiger partial charge on any atom is 0.309 e. The number of carboxylic acids is 2. The normalized spacial score (nSPS) is 27.7. The molecule has 14 nitrogen and oxygen atoms in total. The van der Waals surface area contributed by atoms with Crippen LogP contribution in [0.4, 0.5) is 0 Å². The SMILES string of the molecule is CCCCC(O)C(O)C=CC1=C(CC(O)CO)C2CCC(O)C3NC(C)CCC(C(O)Cc4ccc(cc4CC4(C(=O)O)CCCCC4)CC(C(C)(O)Cc4ccc(O)cc4)(CC#Cc4c(CC)cccc4CC1)N2)C3CC(=O)O. The van der Waals surface area contributed by atoms with Crippen molar-refractivity contribution in [2.45, 2.75) is 229 Å². The zero-order valence-corrected chi connectivity index (χ0v) is 47.8. The lowest BCUT2D eigenvalue weighted by atomic mass is 9.68. The lowest BCUT2D eigenvalue weighted by Gasteiger charge is -2.49. The van der Waals surface area contributed by atoms with Gasteiger partial charge in [0.05, 0.1) is 60.1 Å². The molecule has 3 aromatic carbocycles. The molecule has 14 heteroatoms. The van der Waals surface area contributed by atoms with Gasteiger partial charge in [-0.2, -0.15) is 0 Å². The van der Waals surface area contributed by atoms with Gasteiger partial charge in [0.1, 0.15) is 5.75 Å². The average molecular weight is 1110 g/mol. The van der Waals surface area contributed by atoms with Gasteiger partial charge in [-0.05, 0) is 172 Å². The molecular formula is C66H92N2O12. The van der Waals surface area contributed by atoms with Gasteiger partial charge in [-0.15, -0.1) is 0 Å². The fourth-order valence-electron chi connectivity index (χ4n) is 13.8. The Kier molecular flexibility index (Phi) is 22.2. The number of aromatic hydroxyl groups is 1. The largest absolute Gasteiger partial charge is 0.508 e. The quantitative estimate of drug-likeness (QED) is 0.0549. The molecule has 1 saturated heterocycles. The highest BCUT2D eigenvalue weighted by Gasteiger charge is 2.50. The van der Waals surface area contributed by atoms with E-state index in [9.17, 15) is 60.7 Å². The van der Waals surface area contributed by atoms with Crippen molar-refractivity contribution in [2.75, 3.05) is 6.61 Å². The topological polar surface area (TPSA) is 260 Å². The Labute approximate surface area is 474 Å². The van der Waals surface area contributed by atoms with E-state index in [-0.39, 0.29) is 69.6 Å². The van der Waals surface area contributed by atoms with Gasteiger partial charge in [0, 0.05) is 36.5 Å². The van der Waals surface area contributed by atoms with Crippen molar-refractivity contribution in [2.24, 2.45) is 17.3 Å². The van der Waals surface area contributed by atoms with Gasteiger partial charge < -0.3 is 61.7 Å². The minimum Gasteiger partial charge on any atom is -0.508 e. The number of hydrogen-bond acceptors (Lipinski definition) is 12. The first-order valence-corrected chi connectivity index (χ1v) is 29.8. The standard InChI is InChI=1S/C66H92N2O12/c1-5-7-16-57(72)58(73)29-24-47-23-22-46-14-11-13-45(6-2)52(46)15-12-33-66(64(4,80)38-43-19-25-50(70)26-20-43)39-44-18-21-48(49(34-44)40-65(63(78)79)31-9-8-10-32-65)35-60(75)53-27-17-42(3)67-62(55(53)37-61(76)77)59(74)30-28-56(68-66)54(47)36-51(71)41-69/h11,13-14,18-21,24-26,29,34,42,51,53,55-60,62,67-75,80H,5-10,16-17,22-23,27-28,30-33,35-41H2,1-4H3,(H,76,77)(H,78,79). The van der Waals surface area contributed by atoms with Crippen LogP contribution >= 0.6 is 0 Å². The van der Waals surface area contributed by atoms with Crippen molar-refractivity contribution < 1.29 is 60.7 Å². The highest BCUT2D eigenvalue weighted by molar-refractivity contribution is 5.75. The van der Waals surface area contributed by atoms with Crippen molar-refractivity contribution in [3.05, 3.63) is 123 Å². The lowest BCUT2D eigenvalue weighted by molar-refractivity contribution is -0.151. The molecule has 438 valence electrons. The molecule has 0 aromatic heterocycles. The summed E-state index contributed by atoms with van der Waals surface area (Å²) in [6, 6.07) is 16.9. The summed E-state index contributed by atoms with van der Waals surface area (Å²) in [5.41, 5.74) is 2.90. The molecule has 0 radical (unpaired) electrons. The van der Waals surface area contributed by atoms with E-state index in [4.69, 9.17) is 0 Å². The maximum absolute atomic E-state index is 13.8. The third kappa shape index (κ3) is 15.6. The first kappa shape index (κ1) is 62.7. The Morgan fingerprint density at radius 3 is 2.34 bits per heavy atom. The van der Waals surface area contributed by atoms with Crippen LogP contribution in [0.1, 0.15) is 169 Å². The second kappa shape index (κ2) is 28.4. The molecular weight excluding hydrogens is 1010 g/mol. The van der Waals surface area contributed by atoms with Crippen LogP contribution in [-0.4, -0.2) is 129 Å². The number of hydrogen-bond donors (Lipinski definition) is 12. The van der Waals surface area contributed by atoms with E-state index in [0.717, 1.165) is 59.1 Å². The molecule has 4 heterocycles. The highest BCUT2D eigenvalue weighted by Crippen LogP contribution is 2.44. The number of carboxylic acid groups (broad SMARTS) is 2. The van der Waals surface area contributed by atoms with E-state index >= 15 is 0 Å². The smallest absolute Gasteiger partial charge is 0.309 e. The molecule has 12 unspecified atom stereocenters. The Morgan fingerprint density at radius 2 is 1.65 bits per heavy atom. The van der Waals surface area contributed by atoms with E-state index < -0.39 is 89.5 Å². The zero-order valence-electron chi connectivity index (χ0n) is 47.8. The number of phenols is 1. The van der Waals surface area contributed by atoms with Crippen molar-refractivity contribution in [1.29, 1.82) is 0 Å². The number of carbonyl (C=O) groups is 2. The lowest BCUT2D eigenvalue weighted by Crippen LogP contribution is -2.66. The van der Waals surface area contributed by atoms with E-state index in [1.807, 2.05) is 44.2 Å². The number of phenolic OH excluding ortho intramolecular Hbond substituents is 1. The van der Waals surface area contributed by atoms with Gasteiger partial charge in [0.25, 0.3) is 0 Å². The summed E-state index contributed by atoms with van der Waals surface area (Å²) in [4.78, 5) is 26.5. The van der Waals surface area contributed by atoms with Crippen molar-refractivity contribution in [3.63, 3.8) is 0 Å². The minimum absolute atomic E-state index is 0.0386. The third-order valence-corrected chi connectivity index (χ3v) is 18.6. The van der Waals surface area contributed by atoms with E-state index in [2.05, 4.69) is 35.5 Å². The number of nitrogens with one attached hydrogen (secondary N) is 2. The molecule has 12 N–H and O–H groups in total. The van der Waals surface area contributed by atoms with Crippen LogP contribution in [0.3, 0.4) is 0 Å². The highest BCUT2D eigenvalue weighted by atomic mass is 16.4. The monoisotopic (exact) mass is 1100 g/mol. The number of aryl methyl sites for hydroxylation is 2. The molecule has 3 aromatic rings. The fraction of sp³-hybridized carbons (Fsp3) is 0.606. The number of unbranched alkanes of at least 4 members (excludes halogenated alkanes) is 1. The van der Waals surface area contributed by atoms with Crippen molar-refractivity contribution >= 4 is 11.9 Å². The Bertz CT molecular complexity index is 2670. The van der Waals surface area contributed by atoms with E-state index in [1.54, 1.807) is 43.3 Å². The first-order valence-electron chi connectivity index (χ1n) is 29.8. The van der Waals surface area contributed by atoms with Crippen molar-refractivity contribution in [3.8, 4) is 17.6 Å². The molecule has 6 bridgehead atoms. The number of aliphatic hydroxyl groups is 7. The summed E-state index contributed by atoms with van der Waals surface area (Å²) >= 11 is 0. The van der Waals surface area contributed by atoms with Gasteiger partial charge in [0.2, 0.25) is 0 Å². The summed E-state index contributed by atoms with van der Waals surface area (Å²) < 4.78 is 0. The molecule has 5 aliphatic rings. The fourth-order valence-corrected chi connectivity index (χ4v) is 13.8. The van der Waals surface area contributed by atoms with Crippen LogP contribution in [0.25, 0.3) is 0 Å². The van der Waals surface area contributed by atoms with Crippen LogP contribution in [0, 0.1) is 29.1 Å². The number of aliphatic carboxylic acids is 2. The average Bonchev–Trinajstić information content (AvgIpc) is 3.60. The second-order valence-corrected chi connectivity index (χ2v) is 24.4. The van der Waals surface area contributed by atoms with Gasteiger partial charge in [-0.3, -0.25) is 9.59 Å². The minimum atomic E-state index is -1.72. The van der Waals surface area contributed by atoms with Gasteiger partial charge in [-0.1, -0.05) is 118 Å². The number of rotatable bonds is 18. The summed E-state index contributed by atoms with van der Waals surface area (Å²) in [7, 11) is 0. The van der Waals surface area contributed by atoms with Gasteiger partial charge in [0.15, 0.2) is 0 Å². The van der Waals surface area contributed by atoms with Crippen LogP contribution in [-0.2, 0) is 48.1 Å². The van der Waals surface area contributed by atoms with Crippen LogP contribution in [0.5, 0.6) is 5.75 Å². The van der Waals surface area contributed by atoms with Crippen molar-refractivity contribution in [1.82, 2.24) is 10.6 Å². The van der Waals surface area contributed by atoms with Gasteiger partial charge in [-0.25, -0.2) is 0 Å². The molecule has 2 fully saturated rings. The Balaban J connectivity index is 1.57. The zero-order chi connectivity index (χ0) is 57.8. The number of allylic oxidation sites excluding steroid dienone is 2. The molecule has 0 spiro atoms. The van der Waals surface area contributed by atoms with E-state index in [1.165, 1.54) is 0 Å². The molecule has 4 aliphatic heterocycles. The van der Waals surface area contributed by atoms with Crippen LogP contribution in [0.15, 0.2) is 84.0 Å². The first-order chi connectivity index (χ1) is 38.2. The summed E-state index contributed by atoms with van der Waals surface area (Å²) in [5.74, 6) is 3.98. The summed E-state index contributed by atoms with van der Waals surface area (Å²) in [6.45, 7) is 7.24. The molecule has 1 saturated carbocycles. The molecule has 8 rings (SSSR count). The Hall–Kier alpha value is -4.92. The Morgan fingerprint density at radius 1 is 0.900 bits per heavy atom. The van der Waals surface area contributed by atoms with Crippen LogP contribution < -0.4 is 10.6 Å².